The van der Waals surface area contributed by atoms with Crippen LogP contribution in [-0.2, 0) is 9.36 Å². The fourth-order valence-corrected chi connectivity index (χ4v) is 5.63. The minimum Gasteiger partial charge on any atom is -0.482 e. The molecule has 0 bridgehead atoms. The second-order valence-electron chi connectivity index (χ2n) is 7.06. The number of rotatable bonds is 5. The van der Waals surface area contributed by atoms with Crippen molar-refractivity contribution >= 4 is 35.6 Å². The molecule has 2 aliphatic rings. The Morgan fingerprint density at radius 3 is 2.55 bits per heavy atom. The molecule has 0 spiro atoms. The molecule has 3 N–H and O–H groups in total. The fourth-order valence-electron chi connectivity index (χ4n) is 3.72. The Morgan fingerprint density at radius 1 is 1.16 bits per heavy atom. The van der Waals surface area contributed by atoms with Crippen LogP contribution in [0, 0.1) is 0 Å². The Morgan fingerprint density at radius 2 is 1.90 bits per heavy atom. The Hall–Kier alpha value is -3.41. The number of benzene rings is 2. The van der Waals surface area contributed by atoms with Gasteiger partial charge in [0.2, 0.25) is 0 Å². The third kappa shape index (κ3) is 3.74. The van der Waals surface area contributed by atoms with Crippen molar-refractivity contribution < 1.29 is 24.1 Å². The highest BCUT2D eigenvalue weighted by Gasteiger charge is 2.39. The van der Waals surface area contributed by atoms with Crippen LogP contribution >= 0.6 is 7.37 Å². The SMILES string of the molecule is C/N=C1\C=CC2=C(c3ccc(OCC(=O)O)cc3)c3ccc(NC)cc3P(=O)(O)C2=C1. The molecule has 1 unspecified atom stereocenters. The summed E-state index contributed by atoms with van der Waals surface area (Å²) in [5, 5.41) is 12.5. The van der Waals surface area contributed by atoms with Crippen LogP contribution in [0.25, 0.3) is 5.57 Å². The molecule has 1 heterocycles. The second-order valence-corrected chi connectivity index (χ2v) is 9.18. The van der Waals surface area contributed by atoms with E-state index in [-0.39, 0.29) is 0 Å². The number of aliphatic carboxylic acids is 1. The van der Waals surface area contributed by atoms with Gasteiger partial charge in [-0.3, -0.25) is 9.56 Å². The lowest BCUT2D eigenvalue weighted by Gasteiger charge is -2.30. The highest BCUT2D eigenvalue weighted by Crippen LogP contribution is 2.59. The van der Waals surface area contributed by atoms with E-state index in [1.807, 2.05) is 36.4 Å². The molecular formula is C23H21N2O5P. The number of aliphatic imine (C=N–C) groups is 1. The number of nitrogens with zero attached hydrogens (tertiary/aromatic N) is 1. The topological polar surface area (TPSA) is 108 Å². The van der Waals surface area contributed by atoms with Crippen LogP contribution in [0.15, 0.2) is 76.6 Å². The number of carbonyl (C=O) groups is 1. The monoisotopic (exact) mass is 436 g/mol. The molecule has 1 aliphatic heterocycles. The molecule has 31 heavy (non-hydrogen) atoms. The summed E-state index contributed by atoms with van der Waals surface area (Å²) in [6.07, 6.45) is 5.30. The second kappa shape index (κ2) is 8.02. The molecule has 7 nitrogen and oxygen atoms in total. The van der Waals surface area contributed by atoms with E-state index in [0.29, 0.717) is 33.2 Å². The highest BCUT2D eigenvalue weighted by atomic mass is 31.2. The minimum atomic E-state index is -3.85. The van der Waals surface area contributed by atoms with Crippen LogP contribution in [0.4, 0.5) is 5.69 Å². The van der Waals surface area contributed by atoms with E-state index in [4.69, 9.17) is 9.84 Å². The third-order valence-electron chi connectivity index (χ3n) is 5.22. The van der Waals surface area contributed by atoms with Crippen LogP contribution in [0.5, 0.6) is 5.75 Å². The van der Waals surface area contributed by atoms with Gasteiger partial charge in [-0.2, -0.15) is 0 Å². The lowest BCUT2D eigenvalue weighted by atomic mass is 9.90. The maximum Gasteiger partial charge on any atom is 0.341 e. The Balaban J connectivity index is 1.91. The van der Waals surface area contributed by atoms with Crippen molar-refractivity contribution in [3.05, 3.63) is 82.7 Å². The van der Waals surface area contributed by atoms with Crippen LogP contribution in [0.2, 0.25) is 0 Å². The largest absolute Gasteiger partial charge is 0.482 e. The lowest BCUT2D eigenvalue weighted by Crippen LogP contribution is -2.21. The zero-order valence-electron chi connectivity index (χ0n) is 17.0. The van der Waals surface area contributed by atoms with E-state index in [1.165, 1.54) is 0 Å². The lowest BCUT2D eigenvalue weighted by molar-refractivity contribution is -0.139. The average molecular weight is 436 g/mol. The molecule has 0 fully saturated rings. The molecule has 0 amide bonds. The maximum atomic E-state index is 13.6. The normalized spacial score (nSPS) is 20.7. The van der Waals surface area contributed by atoms with Crippen molar-refractivity contribution in [1.29, 1.82) is 0 Å². The first-order valence-electron chi connectivity index (χ1n) is 9.57. The van der Waals surface area contributed by atoms with Crippen LogP contribution < -0.4 is 15.4 Å². The number of nitrogens with one attached hydrogen (secondary N) is 1. The number of allylic oxidation sites excluding steroid dienone is 5. The van der Waals surface area contributed by atoms with Gasteiger partial charge in [-0.25, -0.2) is 4.79 Å². The molecule has 1 atom stereocenters. The van der Waals surface area contributed by atoms with Crippen LogP contribution in [0.3, 0.4) is 0 Å². The van der Waals surface area contributed by atoms with Crippen molar-refractivity contribution in [2.75, 3.05) is 26.0 Å². The first-order valence-corrected chi connectivity index (χ1v) is 11.2. The van der Waals surface area contributed by atoms with Crippen molar-refractivity contribution in [1.82, 2.24) is 0 Å². The molecular weight excluding hydrogens is 415 g/mol. The van der Waals surface area contributed by atoms with Gasteiger partial charge in [0.05, 0.1) is 16.3 Å². The standard InChI is InChI=1S/C23H21N2O5P/c1-24-15-5-9-18-20(11-15)31(28,29)21-12-16(25-2)6-10-19(21)23(18)14-3-7-17(8-4-14)30-13-22(26)27/h3-12,24H,13H2,1-2H3,(H,26,27)(H,28,29)/b25-16+. The van der Waals surface area contributed by atoms with Gasteiger partial charge in [0, 0.05) is 19.8 Å². The molecule has 0 saturated carbocycles. The molecule has 0 aromatic heterocycles. The number of anilines is 1. The molecule has 0 radical (unpaired) electrons. The summed E-state index contributed by atoms with van der Waals surface area (Å²) in [7, 11) is -0.448. The van der Waals surface area contributed by atoms with Crippen molar-refractivity contribution in [2.24, 2.45) is 4.99 Å². The van der Waals surface area contributed by atoms with Gasteiger partial charge in [-0.05, 0) is 58.7 Å². The smallest absolute Gasteiger partial charge is 0.341 e. The molecule has 4 rings (SSSR count). The Kier molecular flexibility index (Phi) is 5.39. The summed E-state index contributed by atoms with van der Waals surface area (Å²) < 4.78 is 18.8. The van der Waals surface area contributed by atoms with Gasteiger partial charge >= 0.3 is 5.97 Å². The number of fused-ring (bicyclic) bond motifs is 2. The van der Waals surface area contributed by atoms with Crippen LogP contribution in [-0.4, -0.2) is 42.4 Å². The summed E-state index contributed by atoms with van der Waals surface area (Å²) in [6, 6.07) is 12.4. The summed E-state index contributed by atoms with van der Waals surface area (Å²) in [5.74, 6) is -0.619. The predicted octanol–water partition coefficient (Wildman–Crippen LogP) is 3.43. The maximum absolute atomic E-state index is 13.6. The first kappa shape index (κ1) is 20.8. The molecule has 2 aromatic rings. The van der Waals surface area contributed by atoms with Crippen molar-refractivity contribution in [3.63, 3.8) is 0 Å². The summed E-state index contributed by atoms with van der Waals surface area (Å²) >= 11 is 0. The summed E-state index contributed by atoms with van der Waals surface area (Å²) in [5.41, 5.74) is 4.35. The Bertz CT molecular complexity index is 1240. The van der Waals surface area contributed by atoms with Gasteiger partial charge < -0.3 is 20.1 Å². The summed E-state index contributed by atoms with van der Waals surface area (Å²) in [6.45, 7) is -0.425. The minimum absolute atomic E-state index is 0.345. The molecule has 0 saturated heterocycles. The van der Waals surface area contributed by atoms with Crippen molar-refractivity contribution in [3.8, 4) is 5.75 Å². The van der Waals surface area contributed by atoms with E-state index in [2.05, 4.69) is 10.3 Å². The predicted molar refractivity (Wildman–Crippen MR) is 122 cm³/mol. The van der Waals surface area contributed by atoms with Gasteiger partial charge in [0.15, 0.2) is 6.61 Å². The van der Waals surface area contributed by atoms with E-state index >= 15 is 0 Å². The molecule has 2 aromatic carbocycles. The molecule has 8 heteroatoms. The van der Waals surface area contributed by atoms with E-state index < -0.39 is 19.9 Å². The molecule has 158 valence electrons. The van der Waals surface area contributed by atoms with E-state index in [0.717, 1.165) is 16.8 Å². The quantitative estimate of drug-likeness (QED) is 0.620. The van der Waals surface area contributed by atoms with Crippen LogP contribution in [0.1, 0.15) is 11.1 Å². The van der Waals surface area contributed by atoms with Crippen molar-refractivity contribution in [2.45, 2.75) is 0 Å². The third-order valence-corrected chi connectivity index (χ3v) is 7.27. The van der Waals surface area contributed by atoms with Gasteiger partial charge in [0.25, 0.3) is 7.37 Å². The van der Waals surface area contributed by atoms with E-state index in [1.54, 1.807) is 38.4 Å². The van der Waals surface area contributed by atoms with Gasteiger partial charge in [-0.1, -0.05) is 24.3 Å². The van der Waals surface area contributed by atoms with Gasteiger partial charge in [0.1, 0.15) is 5.75 Å². The zero-order chi connectivity index (χ0) is 22.2. The highest BCUT2D eigenvalue weighted by molar-refractivity contribution is 7.71. The average Bonchev–Trinajstić information content (AvgIpc) is 2.78. The number of hydrogen-bond donors (Lipinski definition) is 3. The Labute approximate surface area is 179 Å². The number of carboxylic acid groups (broad SMARTS) is 1. The fraction of sp³-hybridized carbons (Fsp3) is 0.130. The zero-order valence-corrected chi connectivity index (χ0v) is 17.9. The summed E-state index contributed by atoms with van der Waals surface area (Å²) in [4.78, 5) is 26.0. The number of ether oxygens (including phenoxy) is 1. The van der Waals surface area contributed by atoms with Gasteiger partial charge in [-0.15, -0.1) is 0 Å². The number of hydrogen-bond acceptors (Lipinski definition) is 5. The first-order chi connectivity index (χ1) is 14.8. The van der Waals surface area contributed by atoms with E-state index in [9.17, 15) is 14.3 Å². The number of carboxylic acids is 1. The molecule has 1 aliphatic carbocycles.